The van der Waals surface area contributed by atoms with E-state index in [-0.39, 0.29) is 12.1 Å². The first kappa shape index (κ1) is 14.9. The molecule has 6 heteroatoms. The Kier molecular flexibility index (Phi) is 3.42. The second-order valence-electron chi connectivity index (χ2n) is 7.55. The topological polar surface area (TPSA) is 80.5 Å². The predicted molar refractivity (Wildman–Crippen MR) is 85.7 cm³/mol. The second-order valence-corrected chi connectivity index (χ2v) is 7.55. The van der Waals surface area contributed by atoms with E-state index < -0.39 is 5.60 Å². The molecule has 6 nitrogen and oxygen atoms in total. The van der Waals surface area contributed by atoms with Gasteiger partial charge in [-0.25, -0.2) is 9.78 Å². The van der Waals surface area contributed by atoms with Crippen LogP contribution in [0.1, 0.15) is 33.6 Å². The highest BCUT2D eigenvalue weighted by Crippen LogP contribution is 2.49. The number of anilines is 2. The normalized spacial score (nSPS) is 20.2. The summed E-state index contributed by atoms with van der Waals surface area (Å²) < 4.78 is 5.28. The van der Waals surface area contributed by atoms with E-state index in [4.69, 9.17) is 10.5 Å². The number of hydrogen-bond acceptors (Lipinski definition) is 5. The second kappa shape index (κ2) is 5.04. The van der Waals surface area contributed by atoms with Crippen LogP contribution in [0.25, 0.3) is 0 Å². The highest BCUT2D eigenvalue weighted by molar-refractivity contribution is 5.68. The van der Waals surface area contributed by atoms with E-state index >= 15 is 0 Å². The van der Waals surface area contributed by atoms with Gasteiger partial charge in [-0.1, -0.05) is 0 Å². The molecule has 2 aliphatic rings. The van der Waals surface area contributed by atoms with Gasteiger partial charge in [-0.05, 0) is 45.7 Å². The number of nitrogens with zero attached hydrogens (tertiary/aromatic N) is 2. The summed E-state index contributed by atoms with van der Waals surface area (Å²) in [6.45, 7) is 7.66. The van der Waals surface area contributed by atoms with Gasteiger partial charge in [0.05, 0.1) is 11.9 Å². The number of amides is 1. The van der Waals surface area contributed by atoms with Crippen molar-refractivity contribution in [1.29, 1.82) is 0 Å². The lowest BCUT2D eigenvalue weighted by atomic mass is 9.60. The Labute approximate surface area is 131 Å². The van der Waals surface area contributed by atoms with Crippen LogP contribution in [0.2, 0.25) is 0 Å². The van der Waals surface area contributed by atoms with Gasteiger partial charge in [0, 0.05) is 24.5 Å². The maximum Gasteiger partial charge on any atom is 0.407 e. The molecule has 3 rings (SSSR count). The highest BCUT2D eigenvalue weighted by atomic mass is 16.6. The fraction of sp³-hybridized carbons (Fsp3) is 0.625. The molecule has 0 bridgehead atoms. The summed E-state index contributed by atoms with van der Waals surface area (Å²) in [5.74, 6) is 0.546. The molecule has 0 unspecified atom stereocenters. The lowest BCUT2D eigenvalue weighted by Gasteiger charge is -2.59. The van der Waals surface area contributed by atoms with Crippen molar-refractivity contribution < 1.29 is 9.53 Å². The Bertz CT molecular complexity index is 551. The van der Waals surface area contributed by atoms with E-state index in [0.29, 0.717) is 11.2 Å². The first-order chi connectivity index (χ1) is 10.2. The van der Waals surface area contributed by atoms with Crippen molar-refractivity contribution in [2.45, 2.75) is 45.3 Å². The molecule has 2 heterocycles. The molecule has 1 saturated carbocycles. The number of ether oxygens (including phenoxy) is 1. The summed E-state index contributed by atoms with van der Waals surface area (Å²) in [5.41, 5.74) is 6.62. The van der Waals surface area contributed by atoms with Gasteiger partial charge in [0.2, 0.25) is 0 Å². The van der Waals surface area contributed by atoms with Gasteiger partial charge in [-0.2, -0.15) is 0 Å². The smallest absolute Gasteiger partial charge is 0.407 e. The van der Waals surface area contributed by atoms with Crippen LogP contribution < -0.4 is 16.0 Å². The number of nitrogens with two attached hydrogens (primary N) is 1. The Morgan fingerprint density at radius 3 is 2.64 bits per heavy atom. The minimum absolute atomic E-state index is 0.238. The summed E-state index contributed by atoms with van der Waals surface area (Å²) in [5, 5.41) is 2.95. The molecule has 1 aliphatic heterocycles. The van der Waals surface area contributed by atoms with Crippen LogP contribution in [0.3, 0.4) is 0 Å². The molecule has 1 aromatic rings. The quantitative estimate of drug-likeness (QED) is 0.875. The Balaban J connectivity index is 1.43. The molecule has 1 aliphatic carbocycles. The van der Waals surface area contributed by atoms with Crippen molar-refractivity contribution in [3.05, 3.63) is 18.3 Å². The highest BCUT2D eigenvalue weighted by Gasteiger charge is 2.53. The third-order valence-electron chi connectivity index (χ3n) is 4.27. The molecule has 3 N–H and O–H groups in total. The summed E-state index contributed by atoms with van der Waals surface area (Å²) in [6.07, 6.45) is 3.54. The third-order valence-corrected chi connectivity index (χ3v) is 4.27. The first-order valence-corrected chi connectivity index (χ1v) is 7.71. The molecule has 120 valence electrons. The SMILES string of the molecule is CC(C)(C)OC(=O)NC1CC2(C1)CN(c1ccc(N)nc1)C2. The number of pyridine rings is 1. The summed E-state index contributed by atoms with van der Waals surface area (Å²) in [6, 6.07) is 4.07. The molecule has 1 spiro atoms. The minimum Gasteiger partial charge on any atom is -0.444 e. The summed E-state index contributed by atoms with van der Waals surface area (Å²) in [7, 11) is 0. The standard InChI is InChI=1S/C16H24N4O2/c1-15(2,3)22-14(21)19-11-6-16(7-11)9-20(10-16)12-4-5-13(17)18-8-12/h4-5,8,11H,6-7,9-10H2,1-3H3,(H2,17,18)(H,19,21). The molecule has 1 amide bonds. The molecule has 0 atom stereocenters. The van der Waals surface area contributed by atoms with Crippen LogP contribution in [-0.2, 0) is 4.74 Å². The molecule has 22 heavy (non-hydrogen) atoms. The van der Waals surface area contributed by atoms with E-state index in [1.807, 2.05) is 39.1 Å². The Hall–Kier alpha value is -1.98. The van der Waals surface area contributed by atoms with Gasteiger partial charge in [-0.15, -0.1) is 0 Å². The van der Waals surface area contributed by atoms with Crippen molar-refractivity contribution in [1.82, 2.24) is 10.3 Å². The van der Waals surface area contributed by atoms with Crippen molar-refractivity contribution in [3.8, 4) is 0 Å². The number of rotatable bonds is 2. The van der Waals surface area contributed by atoms with Crippen molar-refractivity contribution in [2.75, 3.05) is 23.7 Å². The van der Waals surface area contributed by atoms with Gasteiger partial charge in [0.1, 0.15) is 11.4 Å². The molecule has 0 radical (unpaired) electrons. The summed E-state index contributed by atoms with van der Waals surface area (Å²) in [4.78, 5) is 18.2. The zero-order valence-corrected chi connectivity index (χ0v) is 13.4. The fourth-order valence-electron chi connectivity index (χ4n) is 3.35. The third kappa shape index (κ3) is 3.10. The number of carbonyl (C=O) groups excluding carboxylic acids is 1. The van der Waals surface area contributed by atoms with E-state index in [1.54, 1.807) is 0 Å². The predicted octanol–water partition coefficient (Wildman–Crippen LogP) is 2.16. The van der Waals surface area contributed by atoms with Gasteiger partial charge in [0.15, 0.2) is 0 Å². The van der Waals surface area contributed by atoms with E-state index in [1.165, 1.54) is 0 Å². The zero-order chi connectivity index (χ0) is 16.0. The zero-order valence-electron chi connectivity index (χ0n) is 13.4. The summed E-state index contributed by atoms with van der Waals surface area (Å²) >= 11 is 0. The van der Waals surface area contributed by atoms with Crippen LogP contribution in [0.4, 0.5) is 16.3 Å². The molecule has 1 saturated heterocycles. The van der Waals surface area contributed by atoms with E-state index in [0.717, 1.165) is 31.6 Å². The maximum atomic E-state index is 11.7. The van der Waals surface area contributed by atoms with Crippen LogP contribution in [0.5, 0.6) is 0 Å². The average Bonchev–Trinajstić information content (AvgIpc) is 2.29. The van der Waals surface area contributed by atoms with Crippen molar-refractivity contribution in [2.24, 2.45) is 5.41 Å². The number of nitrogens with one attached hydrogen (secondary N) is 1. The van der Waals surface area contributed by atoms with Crippen LogP contribution in [0.15, 0.2) is 18.3 Å². The van der Waals surface area contributed by atoms with E-state index in [9.17, 15) is 4.79 Å². The number of carbonyl (C=O) groups is 1. The molecule has 1 aromatic heterocycles. The van der Waals surface area contributed by atoms with Gasteiger partial charge in [-0.3, -0.25) is 0 Å². The maximum absolute atomic E-state index is 11.7. The molecule has 0 aromatic carbocycles. The fourth-order valence-corrected chi connectivity index (χ4v) is 3.35. The molecule has 2 fully saturated rings. The minimum atomic E-state index is -0.444. The number of hydrogen-bond donors (Lipinski definition) is 2. The van der Waals surface area contributed by atoms with Crippen LogP contribution in [0, 0.1) is 5.41 Å². The van der Waals surface area contributed by atoms with E-state index in [2.05, 4.69) is 15.2 Å². The van der Waals surface area contributed by atoms with Gasteiger partial charge < -0.3 is 20.7 Å². The van der Waals surface area contributed by atoms with Crippen molar-refractivity contribution >= 4 is 17.6 Å². The Morgan fingerprint density at radius 2 is 2.09 bits per heavy atom. The van der Waals surface area contributed by atoms with Crippen LogP contribution in [-0.4, -0.2) is 35.8 Å². The van der Waals surface area contributed by atoms with Gasteiger partial charge >= 0.3 is 6.09 Å². The first-order valence-electron chi connectivity index (χ1n) is 7.71. The van der Waals surface area contributed by atoms with Crippen LogP contribution >= 0.6 is 0 Å². The lowest BCUT2D eigenvalue weighted by molar-refractivity contribution is 0.0215. The van der Waals surface area contributed by atoms with Gasteiger partial charge in [0.25, 0.3) is 0 Å². The monoisotopic (exact) mass is 304 g/mol. The number of nitrogen functional groups attached to an aromatic ring is 1. The molecular formula is C16H24N4O2. The number of alkyl carbamates (subject to hydrolysis) is 1. The Morgan fingerprint density at radius 1 is 1.41 bits per heavy atom. The number of aromatic nitrogens is 1. The molecular weight excluding hydrogens is 280 g/mol. The lowest BCUT2D eigenvalue weighted by Crippen LogP contribution is -2.66. The largest absolute Gasteiger partial charge is 0.444 e. The average molecular weight is 304 g/mol. The van der Waals surface area contributed by atoms with Crippen molar-refractivity contribution in [3.63, 3.8) is 0 Å².